The lowest BCUT2D eigenvalue weighted by atomic mass is 10.2. The Hall–Kier alpha value is -2.17. The number of nitrogens with zero attached hydrogens (tertiary/aromatic N) is 1. The van der Waals surface area contributed by atoms with Crippen LogP contribution in [-0.4, -0.2) is 10.9 Å². The monoisotopic (exact) mass is 314 g/mol. The Morgan fingerprint density at radius 1 is 1.10 bits per heavy atom. The number of hydrogen-bond donors (Lipinski definition) is 1. The molecule has 0 aliphatic rings. The van der Waals surface area contributed by atoms with Crippen molar-refractivity contribution in [2.24, 2.45) is 0 Å². The first-order valence-corrected chi connectivity index (χ1v) is 7.56. The van der Waals surface area contributed by atoms with Crippen molar-refractivity contribution >= 4 is 34.0 Å². The third-order valence-corrected chi connectivity index (χ3v) is 3.87. The molecule has 0 unspecified atom stereocenters. The van der Waals surface area contributed by atoms with Crippen LogP contribution in [0.25, 0.3) is 11.3 Å². The molecule has 104 valence electrons. The van der Waals surface area contributed by atoms with Gasteiger partial charge < -0.3 is 0 Å². The van der Waals surface area contributed by atoms with Crippen molar-refractivity contribution in [2.45, 2.75) is 0 Å². The summed E-state index contributed by atoms with van der Waals surface area (Å²) in [6.45, 7) is 0. The van der Waals surface area contributed by atoms with Crippen LogP contribution in [0, 0.1) is 0 Å². The fraction of sp³-hybridized carbons (Fsp3) is 0. The minimum Gasteiger partial charge on any atom is -0.298 e. The third kappa shape index (κ3) is 3.29. The Balaban J connectivity index is 1.77. The first-order chi connectivity index (χ1) is 10.2. The second-order valence-corrected chi connectivity index (χ2v) is 5.66. The lowest BCUT2D eigenvalue weighted by Crippen LogP contribution is -2.11. The van der Waals surface area contributed by atoms with Gasteiger partial charge in [-0.2, -0.15) is 0 Å². The van der Waals surface area contributed by atoms with Crippen molar-refractivity contribution < 1.29 is 4.79 Å². The summed E-state index contributed by atoms with van der Waals surface area (Å²) in [5.74, 6) is -0.216. The summed E-state index contributed by atoms with van der Waals surface area (Å²) in [5, 5.41) is 5.81. The fourth-order valence-electron chi connectivity index (χ4n) is 1.87. The van der Waals surface area contributed by atoms with E-state index in [9.17, 15) is 4.79 Å². The molecule has 0 saturated carbocycles. The van der Waals surface area contributed by atoms with E-state index in [4.69, 9.17) is 11.6 Å². The van der Waals surface area contributed by atoms with Gasteiger partial charge in [0.05, 0.1) is 5.69 Å². The maximum absolute atomic E-state index is 12.1. The van der Waals surface area contributed by atoms with Crippen molar-refractivity contribution in [1.82, 2.24) is 4.98 Å². The Kier molecular flexibility index (Phi) is 3.99. The van der Waals surface area contributed by atoms with Crippen LogP contribution in [0.1, 0.15) is 10.4 Å². The average molecular weight is 315 g/mol. The van der Waals surface area contributed by atoms with Crippen molar-refractivity contribution in [3.05, 3.63) is 70.6 Å². The fourth-order valence-corrected chi connectivity index (χ4v) is 2.78. The average Bonchev–Trinajstić information content (AvgIpc) is 2.97. The van der Waals surface area contributed by atoms with Gasteiger partial charge in [-0.1, -0.05) is 48.0 Å². The van der Waals surface area contributed by atoms with Gasteiger partial charge in [0.2, 0.25) is 0 Å². The maximum Gasteiger partial charge on any atom is 0.257 e. The standard InChI is InChI=1S/C16H11ClN2OS/c17-13-8-4-7-12(9-13)15(20)19-16-18-14(10-21-16)11-5-2-1-3-6-11/h1-10H,(H,18,19,20). The van der Waals surface area contributed by atoms with Gasteiger partial charge in [-0.3, -0.25) is 10.1 Å². The number of hydrogen-bond acceptors (Lipinski definition) is 3. The largest absolute Gasteiger partial charge is 0.298 e. The summed E-state index contributed by atoms with van der Waals surface area (Å²) >= 11 is 7.28. The molecule has 0 aliphatic carbocycles. The highest BCUT2D eigenvalue weighted by Gasteiger charge is 2.10. The summed E-state index contributed by atoms with van der Waals surface area (Å²) in [4.78, 5) is 16.5. The molecule has 5 heteroatoms. The number of halogens is 1. The lowest BCUT2D eigenvalue weighted by molar-refractivity contribution is 0.102. The number of aromatic nitrogens is 1. The maximum atomic E-state index is 12.1. The van der Waals surface area contributed by atoms with E-state index in [0.717, 1.165) is 11.3 Å². The first-order valence-electron chi connectivity index (χ1n) is 6.30. The summed E-state index contributed by atoms with van der Waals surface area (Å²) in [6.07, 6.45) is 0. The zero-order valence-corrected chi connectivity index (χ0v) is 12.5. The van der Waals surface area contributed by atoms with Crippen LogP contribution in [-0.2, 0) is 0 Å². The molecule has 0 aliphatic heterocycles. The number of carbonyl (C=O) groups excluding carboxylic acids is 1. The van der Waals surface area contributed by atoms with Crippen LogP contribution in [0.4, 0.5) is 5.13 Å². The highest BCUT2D eigenvalue weighted by Crippen LogP contribution is 2.25. The van der Waals surface area contributed by atoms with Gasteiger partial charge in [0.15, 0.2) is 5.13 Å². The Morgan fingerprint density at radius 2 is 1.90 bits per heavy atom. The molecule has 0 bridgehead atoms. The quantitative estimate of drug-likeness (QED) is 0.760. The van der Waals surface area contributed by atoms with Crippen molar-refractivity contribution in [2.75, 3.05) is 5.32 Å². The normalized spacial score (nSPS) is 10.3. The molecule has 1 heterocycles. The minimum atomic E-state index is -0.216. The van der Waals surface area contributed by atoms with E-state index in [1.54, 1.807) is 24.3 Å². The van der Waals surface area contributed by atoms with E-state index < -0.39 is 0 Å². The zero-order chi connectivity index (χ0) is 14.7. The molecule has 1 aromatic heterocycles. The number of carbonyl (C=O) groups is 1. The lowest BCUT2D eigenvalue weighted by Gasteiger charge is -2.01. The number of anilines is 1. The van der Waals surface area contributed by atoms with Gasteiger partial charge in [0.25, 0.3) is 5.91 Å². The molecular formula is C16H11ClN2OS. The highest BCUT2D eigenvalue weighted by atomic mass is 35.5. The van der Waals surface area contributed by atoms with Gasteiger partial charge in [-0.05, 0) is 18.2 Å². The number of rotatable bonds is 3. The Labute approximate surface area is 131 Å². The van der Waals surface area contributed by atoms with Crippen LogP contribution in [0.15, 0.2) is 60.0 Å². The van der Waals surface area contributed by atoms with E-state index in [1.165, 1.54) is 11.3 Å². The van der Waals surface area contributed by atoms with E-state index in [1.807, 2.05) is 35.7 Å². The first kappa shape index (κ1) is 13.8. The van der Waals surface area contributed by atoms with E-state index in [-0.39, 0.29) is 5.91 Å². The van der Waals surface area contributed by atoms with Crippen molar-refractivity contribution in [1.29, 1.82) is 0 Å². The molecule has 21 heavy (non-hydrogen) atoms. The number of amides is 1. The van der Waals surface area contributed by atoms with Gasteiger partial charge in [0.1, 0.15) is 0 Å². The smallest absolute Gasteiger partial charge is 0.257 e. The molecule has 3 rings (SSSR count). The molecule has 0 spiro atoms. The molecule has 3 aromatic rings. The number of nitrogens with one attached hydrogen (secondary N) is 1. The van der Waals surface area contributed by atoms with Crippen molar-refractivity contribution in [3.63, 3.8) is 0 Å². The van der Waals surface area contributed by atoms with E-state index in [0.29, 0.717) is 15.7 Å². The number of thiazole rings is 1. The summed E-state index contributed by atoms with van der Waals surface area (Å²) < 4.78 is 0. The minimum absolute atomic E-state index is 0.216. The molecule has 0 saturated heterocycles. The molecule has 2 aromatic carbocycles. The van der Waals surface area contributed by atoms with Crippen LogP contribution in [0.2, 0.25) is 5.02 Å². The summed E-state index contributed by atoms with van der Waals surface area (Å²) in [6, 6.07) is 16.7. The van der Waals surface area contributed by atoms with Gasteiger partial charge in [-0.25, -0.2) is 4.98 Å². The summed E-state index contributed by atoms with van der Waals surface area (Å²) in [5.41, 5.74) is 2.39. The molecule has 3 nitrogen and oxygen atoms in total. The Bertz CT molecular complexity index is 771. The summed E-state index contributed by atoms with van der Waals surface area (Å²) in [7, 11) is 0. The van der Waals surface area contributed by atoms with Crippen LogP contribution >= 0.6 is 22.9 Å². The van der Waals surface area contributed by atoms with Crippen LogP contribution in [0.3, 0.4) is 0 Å². The van der Waals surface area contributed by atoms with Crippen LogP contribution in [0.5, 0.6) is 0 Å². The second kappa shape index (κ2) is 6.08. The molecule has 0 atom stereocenters. The van der Waals surface area contributed by atoms with Crippen LogP contribution < -0.4 is 5.32 Å². The number of benzene rings is 2. The molecule has 0 fully saturated rings. The molecule has 0 radical (unpaired) electrons. The second-order valence-electron chi connectivity index (χ2n) is 4.37. The van der Waals surface area contributed by atoms with Gasteiger partial charge in [0, 0.05) is 21.5 Å². The SMILES string of the molecule is O=C(Nc1nc(-c2ccccc2)cs1)c1cccc(Cl)c1. The predicted octanol–water partition coefficient (Wildman–Crippen LogP) is 4.72. The van der Waals surface area contributed by atoms with E-state index >= 15 is 0 Å². The van der Waals surface area contributed by atoms with E-state index in [2.05, 4.69) is 10.3 Å². The van der Waals surface area contributed by atoms with Gasteiger partial charge in [-0.15, -0.1) is 11.3 Å². The highest BCUT2D eigenvalue weighted by molar-refractivity contribution is 7.14. The topological polar surface area (TPSA) is 42.0 Å². The Morgan fingerprint density at radius 3 is 2.67 bits per heavy atom. The molecule has 1 N–H and O–H groups in total. The van der Waals surface area contributed by atoms with Crippen molar-refractivity contribution in [3.8, 4) is 11.3 Å². The van der Waals surface area contributed by atoms with Gasteiger partial charge >= 0.3 is 0 Å². The third-order valence-electron chi connectivity index (χ3n) is 2.88. The zero-order valence-electron chi connectivity index (χ0n) is 10.9. The molecule has 1 amide bonds. The molecular weight excluding hydrogens is 304 g/mol. The predicted molar refractivity (Wildman–Crippen MR) is 87.0 cm³/mol.